The number of hydrogen-bond acceptors (Lipinski definition) is 4. The van der Waals surface area contributed by atoms with Crippen molar-refractivity contribution in [2.24, 2.45) is 0 Å². The summed E-state index contributed by atoms with van der Waals surface area (Å²) < 4.78 is 26.2. The van der Waals surface area contributed by atoms with E-state index < -0.39 is 16.1 Å². The number of likely N-dealkylation sites (N-methyl/N-ethyl adjacent to an activating group) is 1. The lowest BCUT2D eigenvalue weighted by Crippen LogP contribution is -2.48. The standard InChI is InChI=1S/C24H31Cl2N3O4S/c1-5-21(24(31)27-3)28(16-18-19(25)11-8-12-20(18)26)23(30)14-9-15-29(34(4,32)33)22-13-7-6-10-17(22)2/h6-8,10-13,21H,5,9,14-16H2,1-4H3,(H,27,31)/t21-/m1/s1. The summed E-state index contributed by atoms with van der Waals surface area (Å²) in [5.74, 6) is -0.582. The summed E-state index contributed by atoms with van der Waals surface area (Å²) in [7, 11) is -2.03. The van der Waals surface area contributed by atoms with Crippen molar-refractivity contribution >= 4 is 50.7 Å². The fourth-order valence-electron chi connectivity index (χ4n) is 3.77. The Bertz CT molecular complexity index is 1100. The van der Waals surface area contributed by atoms with Gasteiger partial charge in [-0.15, -0.1) is 0 Å². The Morgan fingerprint density at radius 1 is 1.06 bits per heavy atom. The molecule has 0 aliphatic heterocycles. The monoisotopic (exact) mass is 527 g/mol. The molecule has 186 valence electrons. The van der Waals surface area contributed by atoms with Gasteiger partial charge in [0.25, 0.3) is 0 Å². The molecule has 0 fully saturated rings. The van der Waals surface area contributed by atoms with Gasteiger partial charge >= 0.3 is 0 Å². The molecule has 0 aromatic heterocycles. The van der Waals surface area contributed by atoms with Gasteiger partial charge in [-0.25, -0.2) is 8.42 Å². The zero-order valence-electron chi connectivity index (χ0n) is 19.8. The van der Waals surface area contributed by atoms with Crippen molar-refractivity contribution in [3.63, 3.8) is 0 Å². The number of nitrogens with zero attached hydrogens (tertiary/aromatic N) is 2. The van der Waals surface area contributed by atoms with E-state index in [0.29, 0.717) is 27.7 Å². The maximum absolute atomic E-state index is 13.3. The van der Waals surface area contributed by atoms with E-state index in [0.717, 1.165) is 11.8 Å². The van der Waals surface area contributed by atoms with E-state index >= 15 is 0 Å². The number of para-hydroxylation sites is 1. The molecule has 0 spiro atoms. The summed E-state index contributed by atoms with van der Waals surface area (Å²) in [5, 5.41) is 3.41. The number of amides is 2. The molecular formula is C24H31Cl2N3O4S. The number of carbonyl (C=O) groups excluding carboxylic acids is 2. The normalized spacial score (nSPS) is 12.2. The van der Waals surface area contributed by atoms with Gasteiger partial charge in [-0.05, 0) is 43.5 Å². The third-order valence-corrected chi connectivity index (χ3v) is 7.45. The van der Waals surface area contributed by atoms with Gasteiger partial charge in [0, 0.05) is 42.2 Å². The topological polar surface area (TPSA) is 86.8 Å². The number of sulfonamides is 1. The van der Waals surface area contributed by atoms with Crippen LogP contribution in [0.15, 0.2) is 42.5 Å². The van der Waals surface area contributed by atoms with Crippen molar-refractivity contribution in [1.29, 1.82) is 0 Å². The first-order chi connectivity index (χ1) is 16.0. The molecule has 0 unspecified atom stereocenters. The van der Waals surface area contributed by atoms with Crippen molar-refractivity contribution < 1.29 is 18.0 Å². The smallest absolute Gasteiger partial charge is 0.242 e. The lowest BCUT2D eigenvalue weighted by molar-refractivity contribution is -0.141. The number of hydrogen-bond donors (Lipinski definition) is 1. The van der Waals surface area contributed by atoms with Gasteiger partial charge in [0.05, 0.1) is 11.9 Å². The Hall–Kier alpha value is -2.29. The molecule has 0 heterocycles. The van der Waals surface area contributed by atoms with Crippen LogP contribution in [0.2, 0.25) is 10.0 Å². The van der Waals surface area contributed by atoms with Crippen LogP contribution in [-0.2, 0) is 26.2 Å². The molecule has 2 rings (SSSR count). The second-order valence-electron chi connectivity index (χ2n) is 7.99. The van der Waals surface area contributed by atoms with Gasteiger partial charge in [-0.2, -0.15) is 0 Å². The average Bonchev–Trinajstić information content (AvgIpc) is 2.78. The van der Waals surface area contributed by atoms with E-state index in [9.17, 15) is 18.0 Å². The van der Waals surface area contributed by atoms with Crippen molar-refractivity contribution in [2.75, 3.05) is 24.2 Å². The average molecular weight is 529 g/mol. The number of nitrogens with one attached hydrogen (secondary N) is 1. The van der Waals surface area contributed by atoms with Crippen molar-refractivity contribution in [3.8, 4) is 0 Å². The number of carbonyl (C=O) groups is 2. The molecule has 0 aliphatic rings. The molecule has 1 N–H and O–H groups in total. The van der Waals surface area contributed by atoms with E-state index in [1.807, 2.05) is 26.0 Å². The van der Waals surface area contributed by atoms with Crippen LogP contribution in [0.3, 0.4) is 0 Å². The van der Waals surface area contributed by atoms with Crippen molar-refractivity contribution in [1.82, 2.24) is 10.2 Å². The van der Waals surface area contributed by atoms with Gasteiger partial charge in [-0.1, -0.05) is 54.4 Å². The molecule has 0 bridgehead atoms. The van der Waals surface area contributed by atoms with Crippen LogP contribution < -0.4 is 9.62 Å². The van der Waals surface area contributed by atoms with Gasteiger partial charge in [0.2, 0.25) is 21.8 Å². The Kier molecular flexibility index (Phi) is 10.2. The summed E-state index contributed by atoms with van der Waals surface area (Å²) >= 11 is 12.6. The minimum Gasteiger partial charge on any atom is -0.357 e. The highest BCUT2D eigenvalue weighted by molar-refractivity contribution is 7.92. The zero-order valence-corrected chi connectivity index (χ0v) is 22.2. The molecule has 0 saturated carbocycles. The van der Waals surface area contributed by atoms with Gasteiger partial charge < -0.3 is 10.2 Å². The van der Waals surface area contributed by atoms with Gasteiger partial charge in [0.1, 0.15) is 6.04 Å². The van der Waals surface area contributed by atoms with Crippen LogP contribution in [0, 0.1) is 6.92 Å². The molecule has 7 nitrogen and oxygen atoms in total. The van der Waals surface area contributed by atoms with Gasteiger partial charge in [-0.3, -0.25) is 13.9 Å². The van der Waals surface area contributed by atoms with E-state index in [1.165, 1.54) is 16.3 Å². The second kappa shape index (κ2) is 12.4. The van der Waals surface area contributed by atoms with Crippen molar-refractivity contribution in [3.05, 3.63) is 63.6 Å². The SMILES string of the molecule is CC[C@H](C(=O)NC)N(Cc1c(Cl)cccc1Cl)C(=O)CCCN(c1ccccc1C)S(C)(=O)=O. The predicted octanol–water partition coefficient (Wildman–Crippen LogP) is 4.40. The van der Waals surface area contributed by atoms with Crippen LogP contribution in [0.25, 0.3) is 0 Å². The summed E-state index contributed by atoms with van der Waals surface area (Å²) in [5.41, 5.74) is 1.95. The number of halogens is 2. The maximum atomic E-state index is 13.3. The highest BCUT2D eigenvalue weighted by Crippen LogP contribution is 2.28. The zero-order chi connectivity index (χ0) is 25.5. The molecule has 0 aliphatic carbocycles. The molecule has 1 atom stereocenters. The molecule has 0 radical (unpaired) electrons. The number of benzene rings is 2. The third-order valence-electron chi connectivity index (χ3n) is 5.56. The number of anilines is 1. The lowest BCUT2D eigenvalue weighted by Gasteiger charge is -2.31. The van der Waals surface area contributed by atoms with Crippen LogP contribution in [0.5, 0.6) is 0 Å². The molecule has 2 aromatic carbocycles. The van der Waals surface area contributed by atoms with Crippen LogP contribution in [0.4, 0.5) is 5.69 Å². The molecule has 10 heteroatoms. The molecule has 34 heavy (non-hydrogen) atoms. The summed E-state index contributed by atoms with van der Waals surface area (Å²) in [4.78, 5) is 27.3. The Labute approximate surface area is 212 Å². The first-order valence-electron chi connectivity index (χ1n) is 11.0. The molecule has 2 aromatic rings. The highest BCUT2D eigenvalue weighted by atomic mass is 35.5. The first-order valence-corrected chi connectivity index (χ1v) is 13.6. The Morgan fingerprint density at radius 3 is 2.21 bits per heavy atom. The second-order valence-corrected chi connectivity index (χ2v) is 10.7. The molecule has 0 saturated heterocycles. The minimum atomic E-state index is -3.55. The van der Waals surface area contributed by atoms with E-state index in [4.69, 9.17) is 23.2 Å². The van der Waals surface area contributed by atoms with Crippen LogP contribution in [0.1, 0.15) is 37.3 Å². The third kappa shape index (κ3) is 7.10. The minimum absolute atomic E-state index is 0.0491. The van der Waals surface area contributed by atoms with Crippen LogP contribution >= 0.6 is 23.2 Å². The summed E-state index contributed by atoms with van der Waals surface area (Å²) in [6.45, 7) is 3.85. The molecule has 2 amide bonds. The number of rotatable bonds is 11. The summed E-state index contributed by atoms with van der Waals surface area (Å²) in [6, 6.07) is 11.5. The number of aryl methyl sites for hydroxylation is 1. The first kappa shape index (κ1) is 28.0. The van der Waals surface area contributed by atoms with E-state index in [1.54, 1.807) is 30.3 Å². The fourth-order valence-corrected chi connectivity index (χ4v) is 5.31. The predicted molar refractivity (Wildman–Crippen MR) is 138 cm³/mol. The highest BCUT2D eigenvalue weighted by Gasteiger charge is 2.29. The Balaban J connectivity index is 2.25. The lowest BCUT2D eigenvalue weighted by atomic mass is 10.1. The van der Waals surface area contributed by atoms with Gasteiger partial charge in [0.15, 0.2) is 0 Å². The quantitative estimate of drug-likeness (QED) is 0.469. The maximum Gasteiger partial charge on any atom is 0.242 e. The molecular weight excluding hydrogens is 497 g/mol. The largest absolute Gasteiger partial charge is 0.357 e. The Morgan fingerprint density at radius 2 is 1.68 bits per heavy atom. The van der Waals surface area contributed by atoms with Crippen LogP contribution in [-0.4, -0.2) is 51.0 Å². The summed E-state index contributed by atoms with van der Waals surface area (Å²) in [6.07, 6.45) is 1.86. The fraction of sp³-hybridized carbons (Fsp3) is 0.417. The van der Waals surface area contributed by atoms with E-state index in [2.05, 4.69) is 5.32 Å². The van der Waals surface area contributed by atoms with E-state index in [-0.39, 0.29) is 37.7 Å². The van der Waals surface area contributed by atoms with Crippen molar-refractivity contribution in [2.45, 2.75) is 45.7 Å².